The summed E-state index contributed by atoms with van der Waals surface area (Å²) in [5, 5.41) is 31.9. The van der Waals surface area contributed by atoms with Gasteiger partial charge in [-0.15, -0.1) is 5.10 Å². The number of piperidine rings is 1. The Morgan fingerprint density at radius 3 is 2.54 bits per heavy atom. The van der Waals surface area contributed by atoms with Crippen molar-refractivity contribution in [1.29, 1.82) is 0 Å². The Balaban J connectivity index is 0.689. The molecule has 2 amide bonds. The number of imidazole rings is 1. The summed E-state index contributed by atoms with van der Waals surface area (Å²) in [5.74, 6) is 0.862. The third kappa shape index (κ3) is 8.74. The number of carbonyl (C=O) groups is 2. The molecule has 5 aromatic rings. The summed E-state index contributed by atoms with van der Waals surface area (Å²) in [4.78, 5) is 42.7. The monoisotopic (exact) mass is 834 g/mol. The van der Waals surface area contributed by atoms with Crippen molar-refractivity contribution >= 4 is 34.8 Å². The quantitative estimate of drug-likeness (QED) is 0.113. The molecule has 3 aromatic heterocycles. The molecule has 0 spiro atoms. The summed E-state index contributed by atoms with van der Waals surface area (Å²) >= 11 is 0. The van der Waals surface area contributed by atoms with Gasteiger partial charge in [-0.2, -0.15) is 0 Å². The predicted molar refractivity (Wildman–Crippen MR) is 225 cm³/mol. The van der Waals surface area contributed by atoms with Crippen LogP contribution in [0.2, 0.25) is 0 Å². The number of carbonyl (C=O) groups excluding carboxylic acids is 2. The van der Waals surface area contributed by atoms with Crippen LogP contribution in [0, 0.1) is 5.82 Å². The average Bonchev–Trinajstić information content (AvgIpc) is 4.00. The molecule has 9 rings (SSSR count). The van der Waals surface area contributed by atoms with Crippen molar-refractivity contribution in [3.05, 3.63) is 102 Å². The third-order valence-corrected chi connectivity index (χ3v) is 12.1. The van der Waals surface area contributed by atoms with Gasteiger partial charge < -0.3 is 45.0 Å². The van der Waals surface area contributed by atoms with E-state index in [0.29, 0.717) is 44.1 Å². The van der Waals surface area contributed by atoms with Crippen LogP contribution < -0.4 is 20.4 Å². The van der Waals surface area contributed by atoms with Crippen molar-refractivity contribution in [2.45, 2.75) is 50.2 Å². The van der Waals surface area contributed by atoms with E-state index in [9.17, 15) is 24.2 Å². The molecule has 0 radical (unpaired) electrons. The van der Waals surface area contributed by atoms with E-state index in [1.54, 1.807) is 30.3 Å². The minimum Gasteiger partial charge on any atom is -0.383 e. The maximum atomic E-state index is 14.1. The van der Waals surface area contributed by atoms with Crippen LogP contribution in [-0.4, -0.2) is 136 Å². The Labute approximate surface area is 352 Å². The zero-order valence-electron chi connectivity index (χ0n) is 33.9. The van der Waals surface area contributed by atoms with Crippen LogP contribution in [-0.2, 0) is 14.3 Å². The minimum atomic E-state index is -1.23. The summed E-state index contributed by atoms with van der Waals surface area (Å²) in [6.07, 6.45) is 1.81. The molecule has 4 atom stereocenters. The smallest absolute Gasteiger partial charge is 0.257 e. The first kappa shape index (κ1) is 40.7. The normalized spacial score (nSPS) is 22.0. The van der Waals surface area contributed by atoms with Gasteiger partial charge in [-0.3, -0.25) is 14.5 Å². The maximum absolute atomic E-state index is 14.1. The molecule has 3 saturated heterocycles. The van der Waals surface area contributed by atoms with E-state index in [0.717, 1.165) is 92.0 Å². The third-order valence-electron chi connectivity index (χ3n) is 12.1. The van der Waals surface area contributed by atoms with E-state index in [4.69, 9.17) is 19.6 Å². The molecule has 17 heteroatoms. The lowest BCUT2D eigenvalue weighted by atomic mass is 10.0. The molecule has 3 fully saturated rings. The van der Waals surface area contributed by atoms with Gasteiger partial charge in [0.05, 0.1) is 50.4 Å². The van der Waals surface area contributed by atoms with Crippen molar-refractivity contribution < 1.29 is 33.7 Å². The number of aromatic nitrogens is 4. The second-order valence-corrected chi connectivity index (χ2v) is 15.9. The molecule has 7 heterocycles. The number of anilines is 3. The molecule has 4 aliphatic rings. The van der Waals surface area contributed by atoms with Crippen LogP contribution in [0.1, 0.15) is 59.4 Å². The molecule has 0 aliphatic carbocycles. The summed E-state index contributed by atoms with van der Waals surface area (Å²) in [5.41, 5.74) is 4.88. The van der Waals surface area contributed by atoms with Crippen molar-refractivity contribution in [3.8, 4) is 11.4 Å². The molecule has 0 saturated carbocycles. The number of rotatable bonds is 15. The lowest BCUT2D eigenvalue weighted by Gasteiger charge is -2.36. The van der Waals surface area contributed by atoms with Gasteiger partial charge in [0.25, 0.3) is 5.91 Å². The molecule has 320 valence electrons. The fraction of sp³-hybridized carbons (Fsp3) is 0.432. The van der Waals surface area contributed by atoms with E-state index in [-0.39, 0.29) is 36.5 Å². The Hall–Kier alpha value is -5.72. The number of nitrogens with zero attached hydrogens (tertiary/aromatic N) is 8. The standard InChI is InChI=1S/C44H51FN10O6/c45-30-5-1-4-29(26-30)35-7-3-16-53(35)40-13-12-38-47-28-37(55(38)50-40)34-6-2-8-39(48-34)52-19-17-51(18-20-52)21-23-61-25-24-60-22-15-46-31-9-10-32-33(27-31)44(59)54(43(32)58)36-11-14-41(56)49-42(36)57/h1-2,4-6,8-10,12-13,26-28,35-36,42-43,46,57-58H,3,7,11,14-25H2,(H,49,56). The first-order chi connectivity index (χ1) is 29.8. The van der Waals surface area contributed by atoms with Gasteiger partial charge in [-0.05, 0) is 73.4 Å². The zero-order valence-corrected chi connectivity index (χ0v) is 33.9. The van der Waals surface area contributed by atoms with Gasteiger partial charge in [0.1, 0.15) is 29.4 Å². The van der Waals surface area contributed by atoms with E-state index in [1.807, 2.05) is 47.1 Å². The fourth-order valence-corrected chi connectivity index (χ4v) is 8.89. The van der Waals surface area contributed by atoms with Crippen LogP contribution in [0.25, 0.3) is 17.0 Å². The number of hydrogen-bond acceptors (Lipinski definition) is 13. The maximum Gasteiger partial charge on any atom is 0.257 e. The van der Waals surface area contributed by atoms with Crippen molar-refractivity contribution in [1.82, 2.24) is 34.7 Å². The van der Waals surface area contributed by atoms with E-state index >= 15 is 0 Å². The Morgan fingerprint density at radius 2 is 1.70 bits per heavy atom. The van der Waals surface area contributed by atoms with Gasteiger partial charge in [0, 0.05) is 69.0 Å². The molecular weight excluding hydrogens is 784 g/mol. The largest absolute Gasteiger partial charge is 0.383 e. The molecule has 4 unspecified atom stereocenters. The number of nitrogens with one attached hydrogen (secondary N) is 2. The molecular formula is C44H51FN10O6. The van der Waals surface area contributed by atoms with Crippen LogP contribution in [0.15, 0.2) is 79.0 Å². The average molecular weight is 835 g/mol. The summed E-state index contributed by atoms with van der Waals surface area (Å²) < 4.78 is 27.6. The second-order valence-electron chi connectivity index (χ2n) is 15.9. The first-order valence-corrected chi connectivity index (χ1v) is 21.1. The van der Waals surface area contributed by atoms with Gasteiger partial charge in [0.2, 0.25) is 5.91 Å². The number of hydrogen-bond donors (Lipinski definition) is 4. The highest BCUT2D eigenvalue weighted by Crippen LogP contribution is 2.38. The van der Waals surface area contributed by atoms with Crippen molar-refractivity contribution in [2.24, 2.45) is 0 Å². The lowest BCUT2D eigenvalue weighted by molar-refractivity contribution is -0.132. The number of amides is 2. The Kier molecular flexibility index (Phi) is 12.1. The topological polar surface area (TPSA) is 173 Å². The highest BCUT2D eigenvalue weighted by molar-refractivity contribution is 6.00. The molecule has 2 aromatic carbocycles. The van der Waals surface area contributed by atoms with Gasteiger partial charge in [0.15, 0.2) is 11.9 Å². The molecule has 4 aliphatic heterocycles. The highest BCUT2D eigenvalue weighted by atomic mass is 19.1. The van der Waals surface area contributed by atoms with Crippen molar-refractivity contribution in [3.63, 3.8) is 0 Å². The number of pyridine rings is 1. The van der Waals surface area contributed by atoms with E-state index in [1.165, 1.54) is 11.0 Å². The summed E-state index contributed by atoms with van der Waals surface area (Å²) in [6.45, 7) is 7.67. The summed E-state index contributed by atoms with van der Waals surface area (Å²) in [6, 6.07) is 21.5. The lowest BCUT2D eigenvalue weighted by Crippen LogP contribution is -2.56. The van der Waals surface area contributed by atoms with E-state index in [2.05, 4.69) is 30.3 Å². The number of aliphatic hydroxyl groups is 2. The molecule has 0 bridgehead atoms. The number of piperazine rings is 1. The van der Waals surface area contributed by atoms with Crippen molar-refractivity contribution in [2.75, 3.05) is 87.4 Å². The summed E-state index contributed by atoms with van der Waals surface area (Å²) in [7, 11) is 0. The Morgan fingerprint density at radius 1 is 0.869 bits per heavy atom. The second kappa shape index (κ2) is 18.1. The first-order valence-electron chi connectivity index (χ1n) is 21.1. The van der Waals surface area contributed by atoms with Crippen LogP contribution in [0.3, 0.4) is 0 Å². The number of halogens is 1. The minimum absolute atomic E-state index is 0.0671. The van der Waals surface area contributed by atoms with Gasteiger partial charge >= 0.3 is 0 Å². The number of benzene rings is 2. The molecule has 16 nitrogen and oxygen atoms in total. The highest BCUT2D eigenvalue weighted by Gasteiger charge is 2.44. The van der Waals surface area contributed by atoms with Crippen LogP contribution in [0.5, 0.6) is 0 Å². The van der Waals surface area contributed by atoms with Gasteiger partial charge in [-0.25, -0.2) is 18.9 Å². The zero-order chi connectivity index (χ0) is 41.9. The Bertz CT molecular complexity index is 2360. The fourth-order valence-electron chi connectivity index (χ4n) is 8.89. The molecule has 4 N–H and O–H groups in total. The SMILES string of the molecule is O=C1CCC(N2C(=O)c3cc(NCCOCCOCCN4CCN(c5cccc(-c6cnc7ccc(N8CCCC8c8cccc(F)c8)nn67)n5)CC4)ccc3C2O)C(O)N1. The number of aliphatic hydroxyl groups excluding tert-OH is 2. The van der Waals surface area contributed by atoms with Crippen LogP contribution in [0.4, 0.5) is 21.7 Å². The van der Waals surface area contributed by atoms with Gasteiger partial charge in [-0.1, -0.05) is 24.3 Å². The predicted octanol–water partition coefficient (Wildman–Crippen LogP) is 3.58. The molecule has 61 heavy (non-hydrogen) atoms. The number of ether oxygens (including phenoxy) is 2. The number of fused-ring (bicyclic) bond motifs is 2. The van der Waals surface area contributed by atoms with E-state index < -0.39 is 18.5 Å². The van der Waals surface area contributed by atoms with Crippen LogP contribution >= 0.6 is 0 Å².